The normalized spacial score (nSPS) is 28.1. The Bertz CT molecular complexity index is 269. The summed E-state index contributed by atoms with van der Waals surface area (Å²) in [5.74, 6) is 0.989. The van der Waals surface area contributed by atoms with Crippen molar-refractivity contribution in [3.05, 3.63) is 0 Å². The molecule has 0 spiro atoms. The van der Waals surface area contributed by atoms with Gasteiger partial charge in [0.25, 0.3) is 0 Å². The van der Waals surface area contributed by atoms with Gasteiger partial charge in [0, 0.05) is 32.3 Å². The Morgan fingerprint density at radius 2 is 2.11 bits per heavy atom. The monoisotopic (exact) mass is 286 g/mol. The van der Waals surface area contributed by atoms with Crippen molar-refractivity contribution in [3.63, 3.8) is 0 Å². The smallest absolute Gasteiger partial charge is 0.0472 e. The van der Waals surface area contributed by atoms with Crippen LogP contribution in [0.3, 0.4) is 0 Å². The second kappa shape index (κ2) is 7.30. The molecule has 2 heterocycles. The highest BCUT2D eigenvalue weighted by Gasteiger charge is 2.33. The van der Waals surface area contributed by atoms with Crippen LogP contribution in [0.15, 0.2) is 0 Å². The van der Waals surface area contributed by atoms with Gasteiger partial charge in [-0.1, -0.05) is 6.92 Å². The molecule has 19 heavy (non-hydrogen) atoms. The summed E-state index contributed by atoms with van der Waals surface area (Å²) < 4.78 is 5.52. The summed E-state index contributed by atoms with van der Waals surface area (Å²) in [4.78, 5) is 5.17. The standard InChI is InChI=1S/C15H30N2OS/c1-3-17-8-4-5-14(17)11-16(2)12-15(13-19)6-9-18-10-7-15/h14,19H,3-13H2,1-2H3. The number of nitrogens with zero attached hydrogens (tertiary/aromatic N) is 2. The minimum Gasteiger partial charge on any atom is -0.381 e. The van der Waals surface area contributed by atoms with E-state index in [0.29, 0.717) is 5.41 Å². The predicted octanol–water partition coefficient (Wildman–Crippen LogP) is 2.13. The maximum Gasteiger partial charge on any atom is 0.0472 e. The van der Waals surface area contributed by atoms with Crippen molar-refractivity contribution < 1.29 is 4.74 Å². The van der Waals surface area contributed by atoms with E-state index in [1.165, 1.54) is 51.9 Å². The molecule has 2 fully saturated rings. The average Bonchev–Trinajstić information content (AvgIpc) is 2.86. The van der Waals surface area contributed by atoms with Gasteiger partial charge >= 0.3 is 0 Å². The summed E-state index contributed by atoms with van der Waals surface area (Å²) in [6.07, 6.45) is 5.08. The molecule has 0 N–H and O–H groups in total. The predicted molar refractivity (Wildman–Crippen MR) is 84.1 cm³/mol. The lowest BCUT2D eigenvalue weighted by Gasteiger charge is -2.40. The summed E-state index contributed by atoms with van der Waals surface area (Å²) in [7, 11) is 2.28. The highest BCUT2D eigenvalue weighted by atomic mass is 32.1. The first-order chi connectivity index (χ1) is 9.19. The Hall–Kier alpha value is 0.230. The second-order valence-electron chi connectivity index (χ2n) is 6.39. The molecule has 0 radical (unpaired) electrons. The van der Waals surface area contributed by atoms with Gasteiger partial charge in [0.2, 0.25) is 0 Å². The maximum absolute atomic E-state index is 5.52. The van der Waals surface area contributed by atoms with Crippen LogP contribution >= 0.6 is 12.6 Å². The Labute approximate surface area is 124 Å². The van der Waals surface area contributed by atoms with Gasteiger partial charge in [0.15, 0.2) is 0 Å². The van der Waals surface area contributed by atoms with Crippen LogP contribution in [0.2, 0.25) is 0 Å². The number of likely N-dealkylation sites (tertiary alicyclic amines) is 1. The first-order valence-corrected chi connectivity index (χ1v) is 8.43. The van der Waals surface area contributed by atoms with Gasteiger partial charge in [-0.25, -0.2) is 0 Å². The minimum absolute atomic E-state index is 0.381. The number of hydrogen-bond donors (Lipinski definition) is 1. The Morgan fingerprint density at radius 1 is 1.37 bits per heavy atom. The zero-order chi connectivity index (χ0) is 13.7. The first kappa shape index (κ1) is 15.6. The zero-order valence-electron chi connectivity index (χ0n) is 12.6. The van der Waals surface area contributed by atoms with Crippen LogP contribution in [0.25, 0.3) is 0 Å². The number of ether oxygens (including phenoxy) is 1. The van der Waals surface area contributed by atoms with Crippen LogP contribution in [-0.4, -0.2) is 68.0 Å². The molecule has 2 rings (SSSR count). The van der Waals surface area contributed by atoms with Gasteiger partial charge in [0.1, 0.15) is 0 Å². The molecule has 0 bridgehead atoms. The van der Waals surface area contributed by atoms with Crippen molar-refractivity contribution in [1.82, 2.24) is 9.80 Å². The van der Waals surface area contributed by atoms with Crippen LogP contribution in [0.4, 0.5) is 0 Å². The molecule has 0 aromatic heterocycles. The fourth-order valence-corrected chi connectivity index (χ4v) is 4.10. The molecule has 0 saturated carbocycles. The summed E-state index contributed by atoms with van der Waals surface area (Å²) >= 11 is 4.62. The van der Waals surface area contributed by atoms with E-state index in [1.54, 1.807) is 0 Å². The third-order valence-corrected chi connectivity index (χ3v) is 5.59. The lowest BCUT2D eigenvalue weighted by molar-refractivity contribution is 0.00885. The van der Waals surface area contributed by atoms with Crippen molar-refractivity contribution in [1.29, 1.82) is 0 Å². The summed E-state index contributed by atoms with van der Waals surface area (Å²) in [6.45, 7) is 8.99. The lowest BCUT2D eigenvalue weighted by Crippen LogP contribution is -2.45. The number of likely N-dealkylation sites (N-methyl/N-ethyl adjacent to an activating group) is 2. The molecule has 2 saturated heterocycles. The van der Waals surface area contributed by atoms with Crippen molar-refractivity contribution in [2.75, 3.05) is 52.2 Å². The van der Waals surface area contributed by atoms with Crippen molar-refractivity contribution in [2.45, 2.75) is 38.6 Å². The molecule has 2 aliphatic rings. The molecule has 1 atom stereocenters. The van der Waals surface area contributed by atoms with Gasteiger partial charge in [0.05, 0.1) is 0 Å². The molecule has 0 amide bonds. The van der Waals surface area contributed by atoms with Crippen LogP contribution in [0.5, 0.6) is 0 Å². The molecule has 112 valence electrons. The van der Waals surface area contributed by atoms with Gasteiger partial charge in [-0.05, 0) is 57.0 Å². The van der Waals surface area contributed by atoms with Gasteiger partial charge in [-0.3, -0.25) is 4.90 Å². The third kappa shape index (κ3) is 4.10. The van der Waals surface area contributed by atoms with E-state index in [4.69, 9.17) is 4.74 Å². The second-order valence-corrected chi connectivity index (χ2v) is 6.71. The van der Waals surface area contributed by atoms with Crippen LogP contribution < -0.4 is 0 Å². The molecular formula is C15H30N2OS. The fourth-order valence-electron chi connectivity index (χ4n) is 3.69. The van der Waals surface area contributed by atoms with E-state index in [0.717, 1.165) is 25.0 Å². The molecule has 0 aromatic carbocycles. The zero-order valence-corrected chi connectivity index (χ0v) is 13.5. The van der Waals surface area contributed by atoms with Crippen LogP contribution in [-0.2, 0) is 4.74 Å². The summed E-state index contributed by atoms with van der Waals surface area (Å²) in [6, 6.07) is 0.770. The Balaban J connectivity index is 1.83. The Kier molecular flexibility index (Phi) is 6.00. The minimum atomic E-state index is 0.381. The average molecular weight is 286 g/mol. The molecular weight excluding hydrogens is 256 g/mol. The van der Waals surface area contributed by atoms with E-state index < -0.39 is 0 Å². The molecule has 1 unspecified atom stereocenters. The third-order valence-electron chi connectivity index (χ3n) is 4.92. The van der Waals surface area contributed by atoms with Gasteiger partial charge in [-0.2, -0.15) is 12.6 Å². The first-order valence-electron chi connectivity index (χ1n) is 7.80. The van der Waals surface area contributed by atoms with Gasteiger partial charge in [-0.15, -0.1) is 0 Å². The van der Waals surface area contributed by atoms with Crippen LogP contribution in [0, 0.1) is 5.41 Å². The van der Waals surface area contributed by atoms with E-state index >= 15 is 0 Å². The van der Waals surface area contributed by atoms with E-state index in [2.05, 4.69) is 36.4 Å². The molecule has 4 heteroatoms. The number of hydrogen-bond acceptors (Lipinski definition) is 4. The largest absolute Gasteiger partial charge is 0.381 e. The van der Waals surface area contributed by atoms with E-state index in [-0.39, 0.29) is 0 Å². The SMILES string of the molecule is CCN1CCCC1CN(C)CC1(CS)CCOCC1. The maximum atomic E-state index is 5.52. The molecule has 2 aliphatic heterocycles. The molecule has 0 aliphatic carbocycles. The topological polar surface area (TPSA) is 15.7 Å². The highest BCUT2D eigenvalue weighted by molar-refractivity contribution is 7.80. The van der Waals surface area contributed by atoms with Crippen LogP contribution in [0.1, 0.15) is 32.6 Å². The summed E-state index contributed by atoms with van der Waals surface area (Å²) in [5.41, 5.74) is 0.381. The Morgan fingerprint density at radius 3 is 2.74 bits per heavy atom. The quantitative estimate of drug-likeness (QED) is 0.753. The fraction of sp³-hybridized carbons (Fsp3) is 1.00. The summed E-state index contributed by atoms with van der Waals surface area (Å²) in [5, 5.41) is 0. The van der Waals surface area contributed by atoms with Crippen molar-refractivity contribution in [3.8, 4) is 0 Å². The van der Waals surface area contributed by atoms with Crippen molar-refractivity contribution in [2.24, 2.45) is 5.41 Å². The van der Waals surface area contributed by atoms with E-state index in [1.807, 2.05) is 0 Å². The number of rotatable bonds is 6. The molecule has 0 aromatic rings. The van der Waals surface area contributed by atoms with E-state index in [9.17, 15) is 0 Å². The van der Waals surface area contributed by atoms with Crippen molar-refractivity contribution >= 4 is 12.6 Å². The molecule has 3 nitrogen and oxygen atoms in total. The lowest BCUT2D eigenvalue weighted by atomic mass is 9.81. The number of thiol groups is 1. The van der Waals surface area contributed by atoms with Gasteiger partial charge < -0.3 is 9.64 Å². The highest BCUT2D eigenvalue weighted by Crippen LogP contribution is 2.32.